The number of nitrogens with zero attached hydrogens (tertiary/aromatic N) is 2. The van der Waals surface area contributed by atoms with Crippen molar-refractivity contribution in [3.05, 3.63) is 47.9 Å². The van der Waals surface area contributed by atoms with Gasteiger partial charge in [0.25, 0.3) is 0 Å². The van der Waals surface area contributed by atoms with Crippen molar-refractivity contribution in [2.75, 3.05) is 5.73 Å². The molecule has 0 unspecified atom stereocenters. The number of carbonyl (C=O) groups excluding carboxylic acids is 1. The molecule has 20 heavy (non-hydrogen) atoms. The highest BCUT2D eigenvalue weighted by atomic mass is 19.4. The molecule has 1 aromatic heterocycles. The molecular weight excluding hydrogens is 275 g/mol. The van der Waals surface area contributed by atoms with Crippen molar-refractivity contribution in [1.29, 1.82) is 0 Å². The van der Waals surface area contributed by atoms with E-state index in [9.17, 15) is 18.0 Å². The largest absolute Gasteiger partial charge is 0.573 e. The molecule has 0 saturated carbocycles. The molecular formula is C12H8F3N3O2. The monoisotopic (exact) mass is 283 g/mol. The van der Waals surface area contributed by atoms with E-state index >= 15 is 0 Å². The van der Waals surface area contributed by atoms with Crippen LogP contribution in [0.4, 0.5) is 19.0 Å². The van der Waals surface area contributed by atoms with Gasteiger partial charge in [0.1, 0.15) is 5.75 Å². The van der Waals surface area contributed by atoms with Gasteiger partial charge in [0.05, 0.1) is 5.56 Å². The first-order chi connectivity index (χ1) is 9.38. The Kier molecular flexibility index (Phi) is 3.55. The standard InChI is InChI=1S/C12H8F3N3O2/c13-12(14,15)20-8-4-2-1-3-7(8)10(19)9-11(16)18-6-5-17-9/h1-6H,(H2,16,18). The molecule has 104 valence electrons. The van der Waals surface area contributed by atoms with Gasteiger partial charge in [-0.3, -0.25) is 4.79 Å². The predicted octanol–water partition coefficient (Wildman–Crippen LogP) is 2.19. The number of nitrogens with two attached hydrogens (primary N) is 1. The van der Waals surface area contributed by atoms with Crippen molar-refractivity contribution in [1.82, 2.24) is 9.97 Å². The summed E-state index contributed by atoms with van der Waals surface area (Å²) in [6.07, 6.45) is -2.41. The summed E-state index contributed by atoms with van der Waals surface area (Å²) < 4.78 is 40.6. The van der Waals surface area contributed by atoms with Crippen molar-refractivity contribution in [2.45, 2.75) is 6.36 Å². The third kappa shape index (κ3) is 3.02. The minimum atomic E-state index is -4.90. The Labute approximate surface area is 111 Å². The summed E-state index contributed by atoms with van der Waals surface area (Å²) in [6.45, 7) is 0. The number of alkyl halides is 3. The SMILES string of the molecule is Nc1nccnc1C(=O)c1ccccc1OC(F)(F)F. The van der Waals surface area contributed by atoms with E-state index in [2.05, 4.69) is 14.7 Å². The molecule has 2 rings (SSSR count). The Morgan fingerprint density at radius 3 is 2.45 bits per heavy atom. The molecule has 0 fully saturated rings. The minimum Gasteiger partial charge on any atom is -0.405 e. The Bertz CT molecular complexity index is 644. The maximum atomic E-state index is 12.3. The van der Waals surface area contributed by atoms with Gasteiger partial charge in [-0.15, -0.1) is 13.2 Å². The average Bonchev–Trinajstić information content (AvgIpc) is 2.37. The number of hydrogen-bond donors (Lipinski definition) is 1. The van der Waals surface area contributed by atoms with E-state index in [-0.39, 0.29) is 17.1 Å². The second-order valence-corrected chi connectivity index (χ2v) is 3.66. The highest BCUT2D eigenvalue weighted by Crippen LogP contribution is 2.28. The first-order valence-electron chi connectivity index (χ1n) is 5.34. The fraction of sp³-hybridized carbons (Fsp3) is 0.0833. The molecule has 0 atom stereocenters. The van der Waals surface area contributed by atoms with E-state index in [1.807, 2.05) is 0 Å². The number of nitrogen functional groups attached to an aromatic ring is 1. The van der Waals surface area contributed by atoms with E-state index in [0.29, 0.717) is 0 Å². The van der Waals surface area contributed by atoms with Gasteiger partial charge < -0.3 is 10.5 Å². The zero-order chi connectivity index (χ0) is 14.8. The highest BCUT2D eigenvalue weighted by molar-refractivity contribution is 6.11. The molecule has 0 bridgehead atoms. The normalized spacial score (nSPS) is 11.2. The minimum absolute atomic E-state index is 0.167. The molecule has 8 heteroatoms. The number of rotatable bonds is 3. The molecule has 0 aliphatic heterocycles. The summed E-state index contributed by atoms with van der Waals surface area (Å²) in [4.78, 5) is 19.5. The van der Waals surface area contributed by atoms with Crippen LogP contribution in [-0.4, -0.2) is 22.1 Å². The van der Waals surface area contributed by atoms with Crippen LogP contribution in [0.25, 0.3) is 0 Å². The fourth-order valence-corrected chi connectivity index (χ4v) is 1.52. The number of anilines is 1. The molecule has 0 aliphatic rings. The van der Waals surface area contributed by atoms with Crippen LogP contribution in [0.15, 0.2) is 36.7 Å². The van der Waals surface area contributed by atoms with Crippen LogP contribution in [0.5, 0.6) is 5.75 Å². The van der Waals surface area contributed by atoms with Gasteiger partial charge in [0.2, 0.25) is 5.78 Å². The molecule has 0 amide bonds. The lowest BCUT2D eigenvalue weighted by molar-refractivity contribution is -0.274. The summed E-state index contributed by atoms with van der Waals surface area (Å²) in [5.41, 5.74) is 4.95. The Morgan fingerprint density at radius 2 is 1.80 bits per heavy atom. The topological polar surface area (TPSA) is 78.1 Å². The van der Waals surface area contributed by atoms with Crippen molar-refractivity contribution in [2.24, 2.45) is 0 Å². The molecule has 2 aromatic rings. The van der Waals surface area contributed by atoms with Crippen LogP contribution in [0.3, 0.4) is 0 Å². The van der Waals surface area contributed by atoms with Crippen LogP contribution < -0.4 is 10.5 Å². The lowest BCUT2D eigenvalue weighted by Gasteiger charge is -2.12. The van der Waals surface area contributed by atoms with Crippen molar-refractivity contribution in [3.8, 4) is 5.75 Å². The number of carbonyl (C=O) groups is 1. The molecule has 1 aromatic carbocycles. The van der Waals surface area contributed by atoms with Crippen molar-refractivity contribution >= 4 is 11.6 Å². The summed E-state index contributed by atoms with van der Waals surface area (Å²) in [7, 11) is 0. The number of para-hydroxylation sites is 1. The Morgan fingerprint density at radius 1 is 1.15 bits per heavy atom. The Hall–Kier alpha value is -2.64. The predicted molar refractivity (Wildman–Crippen MR) is 63.0 cm³/mol. The second kappa shape index (κ2) is 5.16. The van der Waals surface area contributed by atoms with Gasteiger partial charge in [-0.25, -0.2) is 9.97 Å². The van der Waals surface area contributed by atoms with Crippen molar-refractivity contribution in [3.63, 3.8) is 0 Å². The van der Waals surface area contributed by atoms with Crippen LogP contribution in [0.2, 0.25) is 0 Å². The van der Waals surface area contributed by atoms with Gasteiger partial charge in [0, 0.05) is 12.4 Å². The first-order valence-corrected chi connectivity index (χ1v) is 5.34. The van der Waals surface area contributed by atoms with Gasteiger partial charge in [-0.05, 0) is 12.1 Å². The third-order valence-electron chi connectivity index (χ3n) is 2.30. The number of hydrogen-bond acceptors (Lipinski definition) is 5. The third-order valence-corrected chi connectivity index (χ3v) is 2.30. The highest BCUT2D eigenvalue weighted by Gasteiger charge is 2.33. The fourth-order valence-electron chi connectivity index (χ4n) is 1.52. The molecule has 2 N–H and O–H groups in total. The van der Waals surface area contributed by atoms with Crippen LogP contribution in [-0.2, 0) is 0 Å². The summed E-state index contributed by atoms with van der Waals surface area (Å²) in [6, 6.07) is 4.95. The van der Waals surface area contributed by atoms with E-state index in [1.54, 1.807) is 0 Å². The zero-order valence-electron chi connectivity index (χ0n) is 9.89. The lowest BCUT2D eigenvalue weighted by atomic mass is 10.1. The Balaban J connectivity index is 2.43. The lowest BCUT2D eigenvalue weighted by Crippen LogP contribution is -2.19. The maximum absolute atomic E-state index is 12.3. The number of ketones is 1. The summed E-state index contributed by atoms with van der Waals surface area (Å²) in [5, 5.41) is 0. The van der Waals surface area contributed by atoms with Gasteiger partial charge in [0.15, 0.2) is 11.5 Å². The molecule has 0 spiro atoms. The van der Waals surface area contributed by atoms with Gasteiger partial charge in [-0.1, -0.05) is 12.1 Å². The molecule has 0 aliphatic carbocycles. The van der Waals surface area contributed by atoms with Crippen LogP contribution >= 0.6 is 0 Å². The van der Waals surface area contributed by atoms with Gasteiger partial charge >= 0.3 is 6.36 Å². The van der Waals surface area contributed by atoms with E-state index in [0.717, 1.165) is 6.07 Å². The van der Waals surface area contributed by atoms with Crippen LogP contribution in [0, 0.1) is 0 Å². The summed E-state index contributed by atoms with van der Waals surface area (Å²) >= 11 is 0. The molecule has 0 radical (unpaired) electrons. The van der Waals surface area contributed by atoms with Crippen LogP contribution in [0.1, 0.15) is 16.1 Å². The second-order valence-electron chi connectivity index (χ2n) is 3.66. The molecule has 1 heterocycles. The maximum Gasteiger partial charge on any atom is 0.573 e. The van der Waals surface area contributed by atoms with E-state index in [4.69, 9.17) is 5.73 Å². The number of benzene rings is 1. The quantitative estimate of drug-likeness (QED) is 0.873. The number of aromatic nitrogens is 2. The molecule has 0 saturated heterocycles. The summed E-state index contributed by atoms with van der Waals surface area (Å²) in [5.74, 6) is -1.58. The zero-order valence-corrected chi connectivity index (χ0v) is 9.89. The smallest absolute Gasteiger partial charge is 0.405 e. The van der Waals surface area contributed by atoms with E-state index < -0.39 is 17.9 Å². The van der Waals surface area contributed by atoms with E-state index in [1.165, 1.54) is 30.6 Å². The van der Waals surface area contributed by atoms with Gasteiger partial charge in [-0.2, -0.15) is 0 Å². The number of ether oxygens (including phenoxy) is 1. The first kappa shape index (κ1) is 13.8. The average molecular weight is 283 g/mol. The van der Waals surface area contributed by atoms with Crippen molar-refractivity contribution < 1.29 is 22.7 Å². The molecule has 5 nitrogen and oxygen atoms in total. The number of halogens is 3.